The smallest absolute Gasteiger partial charge is 0.241 e. The zero-order valence-corrected chi connectivity index (χ0v) is 13.1. The molecule has 1 aromatic carbocycles. The molecule has 0 unspecified atom stereocenters. The third kappa shape index (κ3) is 3.05. The van der Waals surface area contributed by atoms with Crippen LogP contribution < -0.4 is 0 Å². The van der Waals surface area contributed by atoms with Crippen LogP contribution in [0.5, 0.6) is 0 Å². The van der Waals surface area contributed by atoms with Crippen molar-refractivity contribution >= 4 is 0 Å². The molecule has 3 aromatic rings. The van der Waals surface area contributed by atoms with Crippen molar-refractivity contribution in [1.29, 1.82) is 0 Å². The molecule has 1 fully saturated rings. The van der Waals surface area contributed by atoms with E-state index in [2.05, 4.69) is 20.0 Å². The highest BCUT2D eigenvalue weighted by Gasteiger charge is 2.27. The first kappa shape index (κ1) is 15.0. The number of benzene rings is 1. The lowest BCUT2D eigenvalue weighted by Gasteiger charge is -2.23. The number of halogens is 1. The van der Waals surface area contributed by atoms with Crippen molar-refractivity contribution in [2.75, 3.05) is 6.54 Å². The number of likely N-dealkylation sites (tertiary alicyclic amines) is 1. The van der Waals surface area contributed by atoms with Gasteiger partial charge >= 0.3 is 0 Å². The molecular weight excluding hydrogens is 307 g/mol. The molecule has 1 atom stereocenters. The van der Waals surface area contributed by atoms with E-state index in [4.69, 9.17) is 4.52 Å². The van der Waals surface area contributed by atoms with Crippen LogP contribution in [0.2, 0.25) is 0 Å². The normalized spacial score (nSPS) is 18.1. The fraction of sp³-hybridized carbons (Fsp3) is 0.278. The van der Waals surface area contributed by atoms with Gasteiger partial charge in [0, 0.05) is 12.2 Å². The highest BCUT2D eigenvalue weighted by Crippen LogP contribution is 2.33. The van der Waals surface area contributed by atoms with E-state index >= 15 is 0 Å². The van der Waals surface area contributed by atoms with Gasteiger partial charge < -0.3 is 4.52 Å². The molecule has 6 heteroatoms. The second-order valence-electron chi connectivity index (χ2n) is 5.91. The lowest BCUT2D eigenvalue weighted by molar-refractivity contribution is 0.212. The standard InChI is InChI=1S/C18H17FN4O/c19-14-8-6-13(7-9-14)16-5-3-11-23(16)12-17-21-18(22-24-17)15-4-1-2-10-20-15/h1-2,4,6-10,16H,3,5,11-12H2/t16-/m0/s1. The minimum atomic E-state index is -0.208. The summed E-state index contributed by atoms with van der Waals surface area (Å²) in [6, 6.07) is 12.6. The highest BCUT2D eigenvalue weighted by molar-refractivity contribution is 5.47. The summed E-state index contributed by atoms with van der Waals surface area (Å²) >= 11 is 0. The Kier molecular flexibility index (Phi) is 4.04. The van der Waals surface area contributed by atoms with Crippen molar-refractivity contribution in [3.8, 4) is 11.5 Å². The maximum atomic E-state index is 13.1. The molecule has 2 aromatic heterocycles. The van der Waals surface area contributed by atoms with Crippen LogP contribution in [0.3, 0.4) is 0 Å². The van der Waals surface area contributed by atoms with E-state index in [0.29, 0.717) is 24.0 Å². The topological polar surface area (TPSA) is 55.1 Å². The zero-order valence-electron chi connectivity index (χ0n) is 13.1. The van der Waals surface area contributed by atoms with Crippen molar-refractivity contribution in [3.05, 3.63) is 65.9 Å². The predicted octanol–water partition coefficient (Wildman–Crippen LogP) is 3.61. The van der Waals surface area contributed by atoms with Crippen LogP contribution in [0.25, 0.3) is 11.5 Å². The monoisotopic (exact) mass is 324 g/mol. The van der Waals surface area contributed by atoms with E-state index < -0.39 is 0 Å². The number of hydrogen-bond donors (Lipinski definition) is 0. The molecule has 3 heterocycles. The quantitative estimate of drug-likeness (QED) is 0.734. The van der Waals surface area contributed by atoms with Crippen molar-refractivity contribution in [3.63, 3.8) is 0 Å². The first-order valence-corrected chi connectivity index (χ1v) is 8.03. The van der Waals surface area contributed by atoms with E-state index in [0.717, 1.165) is 24.9 Å². The lowest BCUT2D eigenvalue weighted by Crippen LogP contribution is -2.22. The second kappa shape index (κ2) is 6.49. The first-order chi connectivity index (χ1) is 11.8. The molecule has 1 saturated heterocycles. The van der Waals surface area contributed by atoms with E-state index in [1.54, 1.807) is 6.20 Å². The Labute approximate surface area is 139 Å². The molecule has 0 bridgehead atoms. The number of rotatable bonds is 4. The molecule has 0 N–H and O–H groups in total. The molecule has 4 rings (SSSR count). The zero-order chi connectivity index (χ0) is 16.4. The predicted molar refractivity (Wildman–Crippen MR) is 86.3 cm³/mol. The third-order valence-electron chi connectivity index (χ3n) is 4.32. The summed E-state index contributed by atoms with van der Waals surface area (Å²) in [6.07, 6.45) is 3.85. The molecule has 0 amide bonds. The highest BCUT2D eigenvalue weighted by atomic mass is 19.1. The summed E-state index contributed by atoms with van der Waals surface area (Å²) in [7, 11) is 0. The van der Waals surface area contributed by atoms with E-state index in [-0.39, 0.29) is 11.9 Å². The largest absolute Gasteiger partial charge is 0.337 e. The van der Waals surface area contributed by atoms with Gasteiger partial charge in [0.25, 0.3) is 0 Å². The van der Waals surface area contributed by atoms with E-state index in [1.165, 1.54) is 12.1 Å². The fourth-order valence-electron chi connectivity index (χ4n) is 3.17. The summed E-state index contributed by atoms with van der Waals surface area (Å²) in [5.41, 5.74) is 1.82. The Morgan fingerprint density at radius 3 is 2.83 bits per heavy atom. The van der Waals surface area contributed by atoms with Crippen molar-refractivity contribution in [2.24, 2.45) is 0 Å². The molecular formula is C18H17FN4O. The summed E-state index contributed by atoms with van der Waals surface area (Å²) < 4.78 is 18.5. The Morgan fingerprint density at radius 1 is 1.17 bits per heavy atom. The van der Waals surface area contributed by atoms with Gasteiger partial charge in [-0.05, 0) is 49.2 Å². The summed E-state index contributed by atoms with van der Waals surface area (Å²) in [6.45, 7) is 1.55. The van der Waals surface area contributed by atoms with Crippen molar-refractivity contribution in [1.82, 2.24) is 20.0 Å². The van der Waals surface area contributed by atoms with Gasteiger partial charge in [-0.2, -0.15) is 4.98 Å². The molecule has 0 spiro atoms. The lowest BCUT2D eigenvalue weighted by atomic mass is 10.0. The Bertz CT molecular complexity index is 803. The minimum Gasteiger partial charge on any atom is -0.337 e. The van der Waals surface area contributed by atoms with Crippen molar-refractivity contribution in [2.45, 2.75) is 25.4 Å². The van der Waals surface area contributed by atoms with Crippen molar-refractivity contribution < 1.29 is 8.91 Å². The van der Waals surface area contributed by atoms with Gasteiger partial charge in [0.1, 0.15) is 11.5 Å². The van der Waals surface area contributed by atoms with E-state index in [9.17, 15) is 4.39 Å². The number of nitrogens with zero attached hydrogens (tertiary/aromatic N) is 4. The van der Waals surface area contributed by atoms with Gasteiger partial charge in [0.05, 0.1) is 6.54 Å². The molecule has 0 aliphatic carbocycles. The van der Waals surface area contributed by atoms with Gasteiger partial charge in [0.2, 0.25) is 11.7 Å². The summed E-state index contributed by atoms with van der Waals surface area (Å²) in [4.78, 5) is 11.0. The van der Waals surface area contributed by atoms with Gasteiger partial charge in [0.15, 0.2) is 0 Å². The Balaban J connectivity index is 1.50. The van der Waals surface area contributed by atoms with Crippen LogP contribution in [0.1, 0.15) is 30.3 Å². The number of pyridine rings is 1. The van der Waals surface area contributed by atoms with Crippen LogP contribution in [0.4, 0.5) is 4.39 Å². The Morgan fingerprint density at radius 2 is 2.04 bits per heavy atom. The molecule has 0 saturated carbocycles. The first-order valence-electron chi connectivity index (χ1n) is 8.03. The van der Waals surface area contributed by atoms with Crippen LogP contribution in [0, 0.1) is 5.82 Å². The average molecular weight is 324 g/mol. The minimum absolute atomic E-state index is 0.208. The van der Waals surface area contributed by atoms with Crippen LogP contribution in [-0.4, -0.2) is 26.6 Å². The maximum absolute atomic E-state index is 13.1. The van der Waals surface area contributed by atoms with Crippen LogP contribution >= 0.6 is 0 Å². The fourth-order valence-corrected chi connectivity index (χ4v) is 3.17. The third-order valence-corrected chi connectivity index (χ3v) is 4.32. The van der Waals surface area contributed by atoms with Gasteiger partial charge in [-0.15, -0.1) is 0 Å². The van der Waals surface area contributed by atoms with E-state index in [1.807, 2.05) is 30.3 Å². The number of hydrogen-bond acceptors (Lipinski definition) is 5. The van der Waals surface area contributed by atoms with Crippen LogP contribution in [0.15, 0.2) is 53.2 Å². The molecule has 1 aliphatic heterocycles. The molecule has 0 radical (unpaired) electrons. The summed E-state index contributed by atoms with van der Waals surface area (Å²) in [5.74, 6) is 0.869. The maximum Gasteiger partial charge on any atom is 0.241 e. The molecule has 5 nitrogen and oxygen atoms in total. The van der Waals surface area contributed by atoms with Gasteiger partial charge in [-0.3, -0.25) is 9.88 Å². The van der Waals surface area contributed by atoms with Gasteiger partial charge in [-0.25, -0.2) is 4.39 Å². The number of aromatic nitrogens is 3. The molecule has 1 aliphatic rings. The summed E-state index contributed by atoms with van der Waals surface area (Å²) in [5, 5.41) is 4.01. The average Bonchev–Trinajstić information content (AvgIpc) is 3.27. The molecule has 24 heavy (non-hydrogen) atoms. The second-order valence-corrected chi connectivity index (χ2v) is 5.91. The van der Waals surface area contributed by atoms with Crippen LogP contribution in [-0.2, 0) is 6.54 Å². The SMILES string of the molecule is Fc1ccc([C@@H]2CCCN2Cc2nc(-c3ccccn3)no2)cc1. The Hall–Kier alpha value is -2.60. The van der Waals surface area contributed by atoms with Gasteiger partial charge in [-0.1, -0.05) is 23.4 Å². The molecule has 122 valence electrons.